The highest BCUT2D eigenvalue weighted by Gasteiger charge is 2.40. The highest BCUT2D eigenvalue weighted by atomic mass is 16.2. The van der Waals surface area contributed by atoms with Gasteiger partial charge in [0.15, 0.2) is 0 Å². The molecule has 1 aliphatic heterocycles. The van der Waals surface area contributed by atoms with Crippen molar-refractivity contribution in [3.8, 4) is 0 Å². The molecule has 0 unspecified atom stereocenters. The van der Waals surface area contributed by atoms with E-state index >= 15 is 0 Å². The summed E-state index contributed by atoms with van der Waals surface area (Å²) in [7, 11) is 0. The molecule has 0 saturated carbocycles. The molecule has 0 atom stereocenters. The van der Waals surface area contributed by atoms with Crippen molar-refractivity contribution in [2.75, 3.05) is 10.2 Å². The summed E-state index contributed by atoms with van der Waals surface area (Å²) in [5, 5.41) is 3.28. The monoisotopic (exact) mass is 396 g/mol. The molecule has 3 aromatic carbocycles. The number of rotatable bonds is 4. The van der Waals surface area contributed by atoms with Crippen LogP contribution in [0.25, 0.3) is 5.57 Å². The summed E-state index contributed by atoms with van der Waals surface area (Å²) < 4.78 is 0. The number of amides is 2. The van der Waals surface area contributed by atoms with Crippen molar-refractivity contribution in [1.82, 2.24) is 0 Å². The lowest BCUT2D eigenvalue weighted by molar-refractivity contribution is -0.120. The zero-order valence-electron chi connectivity index (χ0n) is 17.6. The molecule has 4 nitrogen and oxygen atoms in total. The van der Waals surface area contributed by atoms with Gasteiger partial charge < -0.3 is 5.32 Å². The lowest BCUT2D eigenvalue weighted by Crippen LogP contribution is -2.32. The zero-order chi connectivity index (χ0) is 21.4. The van der Waals surface area contributed by atoms with Crippen LogP contribution in [0, 0.1) is 27.7 Å². The Labute approximate surface area is 176 Å². The van der Waals surface area contributed by atoms with Crippen molar-refractivity contribution in [3.05, 3.63) is 100 Å². The number of nitrogens with one attached hydrogen (secondary N) is 1. The van der Waals surface area contributed by atoms with Crippen LogP contribution in [0.2, 0.25) is 0 Å². The molecule has 0 saturated heterocycles. The molecule has 1 aliphatic rings. The molecule has 1 N–H and O–H groups in total. The van der Waals surface area contributed by atoms with Crippen molar-refractivity contribution < 1.29 is 9.59 Å². The van der Waals surface area contributed by atoms with Gasteiger partial charge in [0.1, 0.15) is 5.70 Å². The van der Waals surface area contributed by atoms with Gasteiger partial charge in [-0.15, -0.1) is 0 Å². The lowest BCUT2D eigenvalue weighted by Gasteiger charge is -2.16. The van der Waals surface area contributed by atoms with E-state index in [-0.39, 0.29) is 11.8 Å². The summed E-state index contributed by atoms with van der Waals surface area (Å²) in [6.45, 7) is 7.92. The fourth-order valence-electron chi connectivity index (χ4n) is 3.64. The second kappa shape index (κ2) is 7.64. The molecule has 2 amide bonds. The predicted octanol–water partition coefficient (Wildman–Crippen LogP) is 5.32. The number of hydrogen-bond donors (Lipinski definition) is 1. The first-order chi connectivity index (χ1) is 14.3. The van der Waals surface area contributed by atoms with Gasteiger partial charge in [0.05, 0.1) is 11.3 Å². The van der Waals surface area contributed by atoms with Gasteiger partial charge in [0.25, 0.3) is 11.8 Å². The van der Waals surface area contributed by atoms with Gasteiger partial charge in [-0.3, -0.25) is 9.59 Å². The van der Waals surface area contributed by atoms with E-state index in [2.05, 4.69) is 5.32 Å². The zero-order valence-corrected chi connectivity index (χ0v) is 17.6. The number of carbonyl (C=O) groups excluding carboxylic acids is 2. The van der Waals surface area contributed by atoms with Crippen LogP contribution in [-0.2, 0) is 9.59 Å². The largest absolute Gasteiger partial charge is 0.350 e. The Hall–Kier alpha value is -3.66. The van der Waals surface area contributed by atoms with Gasteiger partial charge in [-0.2, -0.15) is 0 Å². The molecule has 0 bridgehead atoms. The molecular weight excluding hydrogens is 372 g/mol. The smallest absolute Gasteiger partial charge is 0.282 e. The minimum absolute atomic E-state index is 0.305. The quantitative estimate of drug-likeness (QED) is 0.608. The van der Waals surface area contributed by atoms with Crippen molar-refractivity contribution in [2.45, 2.75) is 27.7 Å². The first-order valence-corrected chi connectivity index (χ1v) is 9.96. The lowest BCUT2D eigenvalue weighted by atomic mass is 10.0. The van der Waals surface area contributed by atoms with Gasteiger partial charge in [0, 0.05) is 5.69 Å². The summed E-state index contributed by atoms with van der Waals surface area (Å²) in [6.07, 6.45) is 0. The number of nitrogens with zero attached hydrogens (tertiary/aromatic N) is 1. The number of aryl methyl sites for hydroxylation is 4. The molecule has 150 valence electrons. The molecule has 4 heteroatoms. The Bertz CT molecular complexity index is 1190. The molecule has 3 aromatic rings. The fraction of sp³-hybridized carbons (Fsp3) is 0.154. The highest BCUT2D eigenvalue weighted by Crippen LogP contribution is 2.34. The van der Waals surface area contributed by atoms with Crippen LogP contribution in [0.5, 0.6) is 0 Å². The molecule has 0 spiro atoms. The van der Waals surface area contributed by atoms with Gasteiger partial charge in [0.2, 0.25) is 0 Å². The van der Waals surface area contributed by atoms with Gasteiger partial charge >= 0.3 is 0 Å². The second-order valence-electron chi connectivity index (χ2n) is 7.84. The molecule has 1 heterocycles. The van der Waals surface area contributed by atoms with E-state index in [1.807, 2.05) is 88.4 Å². The van der Waals surface area contributed by atoms with E-state index in [4.69, 9.17) is 0 Å². The molecule has 0 fully saturated rings. The molecule has 4 rings (SSSR count). The number of benzene rings is 3. The first-order valence-electron chi connectivity index (χ1n) is 9.96. The fourth-order valence-corrected chi connectivity index (χ4v) is 3.64. The Morgan fingerprint density at radius 1 is 0.700 bits per heavy atom. The summed E-state index contributed by atoms with van der Waals surface area (Å²) in [5.74, 6) is -0.663. The minimum atomic E-state index is -0.345. The Kier molecular flexibility index (Phi) is 5.00. The summed E-state index contributed by atoms with van der Waals surface area (Å²) in [5.41, 5.74) is 6.98. The van der Waals surface area contributed by atoms with Gasteiger partial charge in [-0.25, -0.2) is 4.90 Å². The van der Waals surface area contributed by atoms with Gasteiger partial charge in [-0.1, -0.05) is 54.1 Å². The van der Waals surface area contributed by atoms with Gasteiger partial charge in [-0.05, 0) is 68.1 Å². The van der Waals surface area contributed by atoms with Crippen molar-refractivity contribution >= 4 is 28.8 Å². The highest BCUT2D eigenvalue weighted by molar-refractivity contribution is 6.46. The van der Waals surface area contributed by atoms with E-state index in [9.17, 15) is 9.59 Å². The van der Waals surface area contributed by atoms with E-state index < -0.39 is 0 Å². The molecule has 0 aliphatic carbocycles. The third-order valence-electron chi connectivity index (χ3n) is 5.34. The normalized spacial score (nSPS) is 13.9. The van der Waals surface area contributed by atoms with Crippen LogP contribution >= 0.6 is 0 Å². The Balaban J connectivity index is 1.85. The van der Waals surface area contributed by atoms with E-state index in [0.29, 0.717) is 17.0 Å². The predicted molar refractivity (Wildman–Crippen MR) is 121 cm³/mol. The number of carbonyl (C=O) groups is 2. The molecule has 0 aromatic heterocycles. The van der Waals surface area contributed by atoms with Crippen molar-refractivity contribution in [2.24, 2.45) is 0 Å². The van der Waals surface area contributed by atoms with E-state index in [0.717, 1.165) is 33.5 Å². The Morgan fingerprint density at radius 3 is 2.07 bits per heavy atom. The van der Waals surface area contributed by atoms with Crippen LogP contribution in [-0.4, -0.2) is 11.8 Å². The average Bonchev–Trinajstić information content (AvgIpc) is 2.95. The first kappa shape index (κ1) is 19.6. The van der Waals surface area contributed by atoms with Crippen molar-refractivity contribution in [1.29, 1.82) is 0 Å². The second-order valence-corrected chi connectivity index (χ2v) is 7.84. The summed E-state index contributed by atoms with van der Waals surface area (Å²) in [6, 6.07) is 21.1. The van der Waals surface area contributed by atoms with E-state index in [1.54, 1.807) is 6.07 Å². The van der Waals surface area contributed by atoms with Crippen LogP contribution in [0.1, 0.15) is 27.8 Å². The van der Waals surface area contributed by atoms with Crippen LogP contribution < -0.4 is 10.2 Å². The third-order valence-corrected chi connectivity index (χ3v) is 5.34. The topological polar surface area (TPSA) is 49.4 Å². The summed E-state index contributed by atoms with van der Waals surface area (Å²) >= 11 is 0. The molecule has 0 radical (unpaired) electrons. The SMILES string of the molecule is Cc1ccc(C2=C(Nc3cc(C)ccc3C)C(=O)N(c3cccc(C)c3)C2=O)cc1. The number of hydrogen-bond acceptors (Lipinski definition) is 3. The Morgan fingerprint density at radius 2 is 1.37 bits per heavy atom. The average molecular weight is 396 g/mol. The summed E-state index contributed by atoms with van der Waals surface area (Å²) in [4.78, 5) is 28.2. The number of anilines is 2. The van der Waals surface area contributed by atoms with Crippen LogP contribution in [0.15, 0.2) is 72.4 Å². The standard InChI is InChI=1S/C26H24N2O2/c1-16-9-12-20(13-10-16)23-24(27-22-15-18(3)8-11-19(22)4)26(30)28(25(23)29)21-7-5-6-17(2)14-21/h5-15,27H,1-4H3. The molecular formula is C26H24N2O2. The maximum Gasteiger partial charge on any atom is 0.282 e. The van der Waals surface area contributed by atoms with Crippen LogP contribution in [0.3, 0.4) is 0 Å². The number of imide groups is 1. The minimum Gasteiger partial charge on any atom is -0.350 e. The van der Waals surface area contributed by atoms with Crippen molar-refractivity contribution in [3.63, 3.8) is 0 Å². The third kappa shape index (κ3) is 3.52. The maximum absolute atomic E-state index is 13.5. The maximum atomic E-state index is 13.5. The molecule has 30 heavy (non-hydrogen) atoms. The van der Waals surface area contributed by atoms with Crippen LogP contribution in [0.4, 0.5) is 11.4 Å². The van der Waals surface area contributed by atoms with E-state index in [1.165, 1.54) is 4.90 Å².